The van der Waals surface area contributed by atoms with Gasteiger partial charge in [0.2, 0.25) is 0 Å². The third-order valence-corrected chi connectivity index (χ3v) is 3.37. The van der Waals surface area contributed by atoms with Gasteiger partial charge >= 0.3 is 0 Å². The van der Waals surface area contributed by atoms with Crippen LogP contribution >= 0.6 is 24.0 Å². The summed E-state index contributed by atoms with van der Waals surface area (Å²) in [6, 6.07) is 10.0. The summed E-state index contributed by atoms with van der Waals surface area (Å²) in [6.07, 6.45) is 4.72. The first-order valence-corrected chi connectivity index (χ1v) is 8.47. The number of hydrogen-bond donors (Lipinski definition) is 2. The van der Waals surface area contributed by atoms with Gasteiger partial charge in [-0.2, -0.15) is 5.10 Å². The summed E-state index contributed by atoms with van der Waals surface area (Å²) in [6.45, 7) is 7.90. The molecule has 0 saturated carbocycles. The maximum Gasteiger partial charge on any atom is 0.191 e. The smallest absolute Gasteiger partial charge is 0.191 e. The van der Waals surface area contributed by atoms with Gasteiger partial charge in [-0.15, -0.1) is 24.0 Å². The summed E-state index contributed by atoms with van der Waals surface area (Å²) in [7, 11) is 0. The quantitative estimate of drug-likeness (QED) is 0.263. The van der Waals surface area contributed by atoms with Gasteiger partial charge in [0.05, 0.1) is 6.54 Å². The molecule has 0 amide bonds. The van der Waals surface area contributed by atoms with E-state index in [1.165, 1.54) is 5.56 Å². The number of aliphatic imine (C=N–C) groups is 1. The van der Waals surface area contributed by atoms with Gasteiger partial charge in [0.25, 0.3) is 0 Å². The average Bonchev–Trinajstić information content (AvgIpc) is 3.09. The van der Waals surface area contributed by atoms with Crippen molar-refractivity contribution >= 4 is 29.9 Å². The SMILES string of the molecule is CCNC(=NCCCn1cccn1)NCCOc1cccc(C)c1.I. The second kappa shape index (κ2) is 12.6. The van der Waals surface area contributed by atoms with E-state index in [9.17, 15) is 0 Å². The Kier molecular flexibility index (Phi) is 10.7. The largest absolute Gasteiger partial charge is 0.492 e. The lowest BCUT2D eigenvalue weighted by molar-refractivity contribution is 0.321. The number of benzene rings is 1. The van der Waals surface area contributed by atoms with E-state index in [4.69, 9.17) is 4.74 Å². The normalized spacial score (nSPS) is 10.9. The molecule has 7 heteroatoms. The van der Waals surface area contributed by atoms with Crippen LogP contribution in [0.5, 0.6) is 5.75 Å². The van der Waals surface area contributed by atoms with Crippen LogP contribution in [0.1, 0.15) is 18.9 Å². The molecule has 138 valence electrons. The Morgan fingerprint density at radius 2 is 2.16 bits per heavy atom. The van der Waals surface area contributed by atoms with Gasteiger partial charge in [-0.1, -0.05) is 12.1 Å². The summed E-state index contributed by atoms with van der Waals surface area (Å²) in [5, 5.41) is 10.7. The third-order valence-electron chi connectivity index (χ3n) is 3.37. The molecule has 25 heavy (non-hydrogen) atoms. The summed E-state index contributed by atoms with van der Waals surface area (Å²) < 4.78 is 7.66. The summed E-state index contributed by atoms with van der Waals surface area (Å²) in [5.41, 5.74) is 1.20. The van der Waals surface area contributed by atoms with Crippen molar-refractivity contribution in [2.24, 2.45) is 4.99 Å². The molecule has 0 spiro atoms. The third kappa shape index (κ3) is 8.76. The van der Waals surface area contributed by atoms with Gasteiger partial charge in [-0.3, -0.25) is 9.67 Å². The molecule has 0 atom stereocenters. The Labute approximate surface area is 167 Å². The molecule has 0 unspecified atom stereocenters. The molecule has 0 saturated heterocycles. The fourth-order valence-electron chi connectivity index (χ4n) is 2.24. The topological polar surface area (TPSA) is 63.5 Å². The van der Waals surface area contributed by atoms with Crippen LogP contribution in [0.4, 0.5) is 0 Å². The van der Waals surface area contributed by atoms with Gasteiger partial charge in [-0.25, -0.2) is 0 Å². The van der Waals surface area contributed by atoms with Crippen molar-refractivity contribution in [1.82, 2.24) is 20.4 Å². The highest BCUT2D eigenvalue weighted by atomic mass is 127. The fourth-order valence-corrected chi connectivity index (χ4v) is 2.24. The monoisotopic (exact) mass is 457 g/mol. The number of hydrogen-bond acceptors (Lipinski definition) is 3. The number of ether oxygens (including phenoxy) is 1. The van der Waals surface area contributed by atoms with Gasteiger partial charge < -0.3 is 15.4 Å². The number of nitrogens with one attached hydrogen (secondary N) is 2. The molecule has 6 nitrogen and oxygen atoms in total. The van der Waals surface area contributed by atoms with Gasteiger partial charge in [0.1, 0.15) is 12.4 Å². The van der Waals surface area contributed by atoms with Crippen LogP contribution in [0.25, 0.3) is 0 Å². The first kappa shape index (κ1) is 21.3. The maximum atomic E-state index is 5.73. The van der Waals surface area contributed by atoms with E-state index in [2.05, 4.69) is 40.6 Å². The van der Waals surface area contributed by atoms with Crippen LogP contribution in [-0.2, 0) is 6.54 Å². The van der Waals surface area contributed by atoms with E-state index in [0.29, 0.717) is 13.2 Å². The highest BCUT2D eigenvalue weighted by molar-refractivity contribution is 14.0. The molecule has 0 bridgehead atoms. The summed E-state index contributed by atoms with van der Waals surface area (Å²) in [5.74, 6) is 1.73. The minimum atomic E-state index is 0. The Bertz CT molecular complexity index is 616. The van der Waals surface area contributed by atoms with E-state index in [-0.39, 0.29) is 24.0 Å². The van der Waals surface area contributed by atoms with Crippen molar-refractivity contribution in [1.29, 1.82) is 0 Å². The van der Waals surface area contributed by atoms with Crippen LogP contribution in [0.15, 0.2) is 47.7 Å². The van der Waals surface area contributed by atoms with Crippen molar-refractivity contribution in [2.45, 2.75) is 26.8 Å². The molecule has 0 radical (unpaired) electrons. The van der Waals surface area contributed by atoms with Crippen molar-refractivity contribution < 1.29 is 4.74 Å². The second-order valence-corrected chi connectivity index (χ2v) is 5.48. The lowest BCUT2D eigenvalue weighted by Gasteiger charge is -2.12. The minimum absolute atomic E-state index is 0. The first-order valence-electron chi connectivity index (χ1n) is 8.47. The number of rotatable bonds is 9. The zero-order valence-electron chi connectivity index (χ0n) is 14.9. The first-order chi connectivity index (χ1) is 11.8. The molecule has 2 aromatic rings. The van der Waals surface area contributed by atoms with Crippen LogP contribution in [0, 0.1) is 6.92 Å². The standard InChI is InChI=1S/C18H27N5O.HI/c1-3-19-18(20-9-5-12-23-13-6-10-22-23)21-11-14-24-17-8-4-7-16(2)15-17;/h4,6-8,10,13,15H,3,5,9,11-12,14H2,1-2H3,(H2,19,20,21);1H. The molecular weight excluding hydrogens is 429 g/mol. The van der Waals surface area contributed by atoms with Crippen LogP contribution in [0.3, 0.4) is 0 Å². The molecule has 0 aliphatic rings. The van der Waals surface area contributed by atoms with Gasteiger partial charge in [-0.05, 0) is 44.0 Å². The van der Waals surface area contributed by atoms with E-state index in [0.717, 1.165) is 37.8 Å². The van der Waals surface area contributed by atoms with E-state index < -0.39 is 0 Å². The van der Waals surface area contributed by atoms with Crippen molar-refractivity contribution in [3.63, 3.8) is 0 Å². The fraction of sp³-hybridized carbons (Fsp3) is 0.444. The Morgan fingerprint density at radius 1 is 1.28 bits per heavy atom. The molecule has 1 aromatic carbocycles. The van der Waals surface area contributed by atoms with Crippen molar-refractivity contribution in [3.8, 4) is 5.75 Å². The molecule has 1 heterocycles. The van der Waals surface area contributed by atoms with Crippen LogP contribution < -0.4 is 15.4 Å². The lowest BCUT2D eigenvalue weighted by atomic mass is 10.2. The van der Waals surface area contributed by atoms with Gasteiger partial charge in [0.15, 0.2) is 5.96 Å². The number of guanidine groups is 1. The highest BCUT2D eigenvalue weighted by Crippen LogP contribution is 2.11. The Hall–Kier alpha value is -1.77. The molecule has 2 rings (SSSR count). The Balaban J connectivity index is 0.00000312. The highest BCUT2D eigenvalue weighted by Gasteiger charge is 1.98. The zero-order chi connectivity index (χ0) is 17.0. The number of halogens is 1. The van der Waals surface area contributed by atoms with Crippen molar-refractivity contribution in [3.05, 3.63) is 48.3 Å². The number of aromatic nitrogens is 2. The van der Waals surface area contributed by atoms with E-state index in [1.807, 2.05) is 35.1 Å². The predicted octanol–water partition coefficient (Wildman–Crippen LogP) is 2.83. The molecule has 0 fully saturated rings. The van der Waals surface area contributed by atoms with Crippen LogP contribution in [-0.4, -0.2) is 42.0 Å². The summed E-state index contributed by atoms with van der Waals surface area (Å²) >= 11 is 0. The number of nitrogens with zero attached hydrogens (tertiary/aromatic N) is 3. The Morgan fingerprint density at radius 3 is 2.88 bits per heavy atom. The molecule has 1 aromatic heterocycles. The minimum Gasteiger partial charge on any atom is -0.492 e. The van der Waals surface area contributed by atoms with Crippen LogP contribution in [0.2, 0.25) is 0 Å². The number of aryl methyl sites for hydroxylation is 2. The van der Waals surface area contributed by atoms with E-state index >= 15 is 0 Å². The predicted molar refractivity (Wildman–Crippen MR) is 113 cm³/mol. The maximum absolute atomic E-state index is 5.73. The van der Waals surface area contributed by atoms with Gasteiger partial charge in [0, 0.05) is 32.0 Å². The molecular formula is C18H28IN5O. The molecule has 0 aliphatic carbocycles. The summed E-state index contributed by atoms with van der Waals surface area (Å²) in [4.78, 5) is 4.57. The lowest BCUT2D eigenvalue weighted by Crippen LogP contribution is -2.39. The van der Waals surface area contributed by atoms with Crippen molar-refractivity contribution in [2.75, 3.05) is 26.2 Å². The van der Waals surface area contributed by atoms with E-state index in [1.54, 1.807) is 6.20 Å². The molecule has 0 aliphatic heterocycles. The second-order valence-electron chi connectivity index (χ2n) is 5.48. The molecule has 2 N–H and O–H groups in total. The zero-order valence-corrected chi connectivity index (χ0v) is 17.3. The average molecular weight is 457 g/mol.